The zero-order valence-corrected chi connectivity index (χ0v) is 23.3. The number of allylic oxidation sites excluding steroid dienone is 1. The fourth-order valence-corrected chi connectivity index (χ4v) is 6.42. The standard InChI is InChI=1S/C29H34ClN5O2S/c1-18(32)34-16-21(15-31)19-8-13-25(37-3)20(14-19)17-35(23-11-9-22(33-2)10-12-23)29(36)28-27(30)24-6-4-5-7-26(24)38-28/h4-8,13-16,22-23,33H,1,9-12,17,31-32H2,2-3H3/b21-15+,34-16?. The van der Waals surface area contributed by atoms with E-state index in [0.717, 1.165) is 46.9 Å². The number of benzene rings is 2. The van der Waals surface area contributed by atoms with Gasteiger partial charge in [-0.2, -0.15) is 0 Å². The number of aliphatic imine (C=N–C) groups is 1. The van der Waals surface area contributed by atoms with Gasteiger partial charge in [-0.05, 0) is 56.5 Å². The number of hydrogen-bond acceptors (Lipinski definition) is 7. The zero-order chi connectivity index (χ0) is 27.2. The van der Waals surface area contributed by atoms with E-state index in [0.29, 0.717) is 33.8 Å². The minimum atomic E-state index is -0.0628. The molecule has 1 heterocycles. The predicted octanol–water partition coefficient (Wildman–Crippen LogP) is 5.54. The molecule has 1 aliphatic rings. The SMILES string of the molecule is C=C(N)N=C/C(=C\N)c1ccc(OC)c(CN(C(=O)c2sc3ccccc3c2Cl)C2CCC(NC)CC2)c1. The quantitative estimate of drug-likeness (QED) is 0.303. The molecule has 1 fully saturated rings. The van der Waals surface area contributed by atoms with Crippen molar-refractivity contribution < 1.29 is 9.53 Å². The molecule has 1 aromatic heterocycles. The molecular formula is C29H34ClN5O2S. The normalized spacial score (nSPS) is 18.1. The van der Waals surface area contributed by atoms with E-state index in [4.69, 9.17) is 27.8 Å². The lowest BCUT2D eigenvalue weighted by atomic mass is 9.89. The molecule has 200 valence electrons. The first kappa shape index (κ1) is 27.7. The molecule has 0 radical (unpaired) electrons. The lowest BCUT2D eigenvalue weighted by Gasteiger charge is -2.37. The highest BCUT2D eigenvalue weighted by atomic mass is 35.5. The van der Waals surface area contributed by atoms with Gasteiger partial charge in [-0.1, -0.05) is 42.4 Å². The van der Waals surface area contributed by atoms with Gasteiger partial charge in [0.1, 0.15) is 16.4 Å². The van der Waals surface area contributed by atoms with Gasteiger partial charge in [-0.15, -0.1) is 11.3 Å². The Morgan fingerprint density at radius 3 is 2.63 bits per heavy atom. The van der Waals surface area contributed by atoms with Crippen molar-refractivity contribution in [3.8, 4) is 5.75 Å². The molecule has 9 heteroatoms. The summed E-state index contributed by atoms with van der Waals surface area (Å²) in [6.45, 7) is 3.98. The summed E-state index contributed by atoms with van der Waals surface area (Å²) >= 11 is 8.20. The number of rotatable bonds is 9. The number of thiophene rings is 1. The van der Waals surface area contributed by atoms with E-state index in [1.807, 2.05) is 54.4 Å². The molecule has 2 aromatic carbocycles. The number of carbonyl (C=O) groups is 1. The van der Waals surface area contributed by atoms with Crippen molar-refractivity contribution in [2.24, 2.45) is 16.5 Å². The Labute approximate surface area is 232 Å². The summed E-state index contributed by atoms with van der Waals surface area (Å²) in [6.07, 6.45) is 6.86. The van der Waals surface area contributed by atoms with Crippen LogP contribution in [0.15, 0.2) is 66.1 Å². The number of halogens is 1. The number of nitrogens with two attached hydrogens (primary N) is 2. The van der Waals surface area contributed by atoms with E-state index in [1.165, 1.54) is 17.5 Å². The van der Waals surface area contributed by atoms with Gasteiger partial charge in [0.25, 0.3) is 5.91 Å². The third-order valence-corrected chi connectivity index (χ3v) is 8.70. The first-order valence-corrected chi connectivity index (χ1v) is 13.8. The van der Waals surface area contributed by atoms with E-state index in [1.54, 1.807) is 13.3 Å². The van der Waals surface area contributed by atoms with Crippen LogP contribution in [-0.2, 0) is 6.54 Å². The summed E-state index contributed by atoms with van der Waals surface area (Å²) in [5.41, 5.74) is 13.9. The summed E-state index contributed by atoms with van der Waals surface area (Å²) in [4.78, 5) is 20.8. The number of methoxy groups -OCH3 is 1. The van der Waals surface area contributed by atoms with Crippen molar-refractivity contribution in [2.75, 3.05) is 14.2 Å². The average Bonchev–Trinajstić information content (AvgIpc) is 3.28. The van der Waals surface area contributed by atoms with Crippen molar-refractivity contribution in [3.63, 3.8) is 0 Å². The van der Waals surface area contributed by atoms with Crippen molar-refractivity contribution in [3.05, 3.63) is 82.1 Å². The highest BCUT2D eigenvalue weighted by Crippen LogP contribution is 2.38. The third kappa shape index (κ3) is 6.04. The van der Waals surface area contributed by atoms with Crippen molar-refractivity contribution >= 4 is 50.7 Å². The Bertz CT molecular complexity index is 1370. The highest BCUT2D eigenvalue weighted by Gasteiger charge is 2.32. The lowest BCUT2D eigenvalue weighted by molar-refractivity contribution is 0.0604. The molecule has 0 saturated heterocycles. The highest BCUT2D eigenvalue weighted by molar-refractivity contribution is 7.21. The van der Waals surface area contributed by atoms with Gasteiger partial charge in [0, 0.05) is 52.3 Å². The van der Waals surface area contributed by atoms with Crippen LogP contribution < -0.4 is 21.5 Å². The third-order valence-electron chi connectivity index (χ3n) is 7.04. The predicted molar refractivity (Wildman–Crippen MR) is 159 cm³/mol. The maximum Gasteiger partial charge on any atom is 0.266 e. The Kier molecular flexibility index (Phi) is 9.09. The van der Waals surface area contributed by atoms with Gasteiger partial charge >= 0.3 is 0 Å². The molecule has 7 nitrogen and oxygen atoms in total. The van der Waals surface area contributed by atoms with Gasteiger partial charge < -0.3 is 26.4 Å². The van der Waals surface area contributed by atoms with Crippen molar-refractivity contribution in [1.82, 2.24) is 10.2 Å². The van der Waals surface area contributed by atoms with Crippen molar-refractivity contribution in [1.29, 1.82) is 0 Å². The van der Waals surface area contributed by atoms with E-state index < -0.39 is 0 Å². The Balaban J connectivity index is 1.73. The van der Waals surface area contributed by atoms with Crippen LogP contribution in [0.1, 0.15) is 46.5 Å². The van der Waals surface area contributed by atoms with Crippen LogP contribution in [0, 0.1) is 0 Å². The Morgan fingerprint density at radius 2 is 2.00 bits per heavy atom. The van der Waals surface area contributed by atoms with E-state index in [2.05, 4.69) is 16.9 Å². The molecule has 4 rings (SSSR count). The minimum absolute atomic E-state index is 0.0628. The second-order valence-corrected chi connectivity index (χ2v) is 10.8. The van der Waals surface area contributed by atoms with Crippen LogP contribution in [0.25, 0.3) is 15.7 Å². The summed E-state index contributed by atoms with van der Waals surface area (Å²) in [5, 5.41) is 4.79. The molecule has 1 saturated carbocycles. The van der Waals surface area contributed by atoms with Gasteiger partial charge in [0.05, 0.1) is 12.1 Å². The van der Waals surface area contributed by atoms with Crippen LogP contribution in [0.5, 0.6) is 5.75 Å². The number of nitrogens with zero attached hydrogens (tertiary/aromatic N) is 2. The van der Waals surface area contributed by atoms with Crippen LogP contribution in [0.4, 0.5) is 0 Å². The van der Waals surface area contributed by atoms with E-state index >= 15 is 0 Å². The number of nitrogens with one attached hydrogen (secondary N) is 1. The molecule has 38 heavy (non-hydrogen) atoms. The second-order valence-electron chi connectivity index (χ2n) is 9.37. The molecular weight excluding hydrogens is 518 g/mol. The summed E-state index contributed by atoms with van der Waals surface area (Å²) in [5.74, 6) is 0.814. The maximum atomic E-state index is 14.2. The zero-order valence-electron chi connectivity index (χ0n) is 21.7. The lowest BCUT2D eigenvalue weighted by Crippen LogP contribution is -2.44. The maximum absolute atomic E-state index is 14.2. The number of ether oxygens (including phenoxy) is 1. The van der Waals surface area contributed by atoms with Crippen molar-refractivity contribution in [2.45, 2.75) is 44.3 Å². The van der Waals surface area contributed by atoms with E-state index in [-0.39, 0.29) is 17.8 Å². The van der Waals surface area contributed by atoms with Crippen LogP contribution >= 0.6 is 22.9 Å². The average molecular weight is 552 g/mol. The number of amides is 1. The first-order valence-electron chi connectivity index (χ1n) is 12.6. The molecule has 1 aliphatic carbocycles. The molecule has 0 bridgehead atoms. The number of fused-ring (bicyclic) bond motifs is 1. The molecule has 5 N–H and O–H groups in total. The summed E-state index contributed by atoms with van der Waals surface area (Å²) in [6, 6.07) is 14.2. The molecule has 1 amide bonds. The molecule has 3 aromatic rings. The fraction of sp³-hybridized carbons (Fsp3) is 0.310. The monoisotopic (exact) mass is 551 g/mol. The molecule has 0 spiro atoms. The summed E-state index contributed by atoms with van der Waals surface area (Å²) < 4.78 is 6.70. The smallest absolute Gasteiger partial charge is 0.266 e. The molecule has 0 aliphatic heterocycles. The van der Waals surface area contributed by atoms with Crippen LogP contribution in [0.2, 0.25) is 5.02 Å². The number of carbonyl (C=O) groups excluding carboxylic acids is 1. The topological polar surface area (TPSA) is 106 Å². The fourth-order valence-electron chi connectivity index (χ4n) is 4.96. The van der Waals surface area contributed by atoms with Crippen LogP contribution in [-0.4, -0.2) is 43.3 Å². The van der Waals surface area contributed by atoms with Gasteiger partial charge in [-0.25, -0.2) is 4.99 Å². The molecule has 0 atom stereocenters. The van der Waals surface area contributed by atoms with Crippen LogP contribution in [0.3, 0.4) is 0 Å². The Morgan fingerprint density at radius 1 is 1.26 bits per heavy atom. The van der Waals surface area contributed by atoms with Gasteiger partial charge in [-0.3, -0.25) is 4.79 Å². The Hall–Kier alpha value is -3.33. The number of hydrogen-bond donors (Lipinski definition) is 3. The minimum Gasteiger partial charge on any atom is -0.496 e. The van der Waals surface area contributed by atoms with E-state index in [9.17, 15) is 4.79 Å². The van der Waals surface area contributed by atoms with Gasteiger partial charge in [0.15, 0.2) is 0 Å². The van der Waals surface area contributed by atoms with Gasteiger partial charge in [0.2, 0.25) is 0 Å². The first-order chi connectivity index (χ1) is 18.4. The second kappa shape index (κ2) is 12.5. The largest absolute Gasteiger partial charge is 0.496 e. The summed E-state index contributed by atoms with van der Waals surface area (Å²) in [7, 11) is 3.62. The molecule has 0 unspecified atom stereocenters.